The summed E-state index contributed by atoms with van der Waals surface area (Å²) in [6.45, 7) is 2.05. The summed E-state index contributed by atoms with van der Waals surface area (Å²) >= 11 is 1.36. The van der Waals surface area contributed by atoms with Crippen molar-refractivity contribution in [2.75, 3.05) is 5.32 Å². The van der Waals surface area contributed by atoms with Gasteiger partial charge in [0.2, 0.25) is 5.91 Å². The first-order chi connectivity index (χ1) is 13.6. The van der Waals surface area contributed by atoms with Gasteiger partial charge in [-0.25, -0.2) is 9.78 Å². The van der Waals surface area contributed by atoms with Crippen LogP contribution in [0.5, 0.6) is 0 Å². The second-order valence-electron chi connectivity index (χ2n) is 6.02. The Balaban J connectivity index is 1.46. The molecule has 0 spiro atoms. The van der Waals surface area contributed by atoms with Crippen molar-refractivity contribution in [3.05, 3.63) is 82.1 Å². The lowest BCUT2D eigenvalue weighted by molar-refractivity contribution is -0.139. The van der Waals surface area contributed by atoms with Gasteiger partial charge in [-0.05, 0) is 37.3 Å². The number of carbonyl (C=O) groups excluding carboxylic acids is 2. The monoisotopic (exact) mass is 393 g/mol. The Kier molecular flexibility index (Phi) is 6.64. The molecule has 0 unspecified atom stereocenters. The van der Waals surface area contributed by atoms with Crippen LogP contribution in [0.1, 0.15) is 22.0 Å². The Morgan fingerprint density at radius 2 is 2.00 bits per heavy atom. The average Bonchev–Trinajstić information content (AvgIpc) is 3.14. The number of hydrogen-bond acceptors (Lipinski definition) is 6. The van der Waals surface area contributed by atoms with Crippen LogP contribution in [0.3, 0.4) is 0 Å². The molecule has 0 aliphatic heterocycles. The molecule has 2 aromatic heterocycles. The molecule has 2 heterocycles. The minimum atomic E-state index is -0.475. The Bertz CT molecular complexity index is 966. The van der Waals surface area contributed by atoms with Crippen LogP contribution in [-0.2, 0) is 27.4 Å². The minimum Gasteiger partial charge on any atom is -0.456 e. The van der Waals surface area contributed by atoms with Crippen molar-refractivity contribution >= 4 is 35.0 Å². The Morgan fingerprint density at radius 3 is 2.75 bits per heavy atom. The lowest BCUT2D eigenvalue weighted by atomic mass is 10.2. The molecule has 6 nitrogen and oxygen atoms in total. The highest BCUT2D eigenvalue weighted by molar-refractivity contribution is 7.09. The number of hydrogen-bond donors (Lipinski definition) is 1. The Morgan fingerprint density at radius 1 is 1.18 bits per heavy atom. The molecule has 1 N–H and O–H groups in total. The number of nitrogens with one attached hydrogen (secondary N) is 1. The largest absolute Gasteiger partial charge is 0.456 e. The van der Waals surface area contributed by atoms with Crippen LogP contribution in [0.4, 0.5) is 5.69 Å². The molecule has 1 amide bonds. The molecule has 7 heteroatoms. The SMILES string of the molecule is Cc1ccc(NC(=O)Cc2nc(COC(=O)/C=C/c3ccccn3)cs2)cc1. The summed E-state index contributed by atoms with van der Waals surface area (Å²) in [4.78, 5) is 32.3. The smallest absolute Gasteiger partial charge is 0.331 e. The Labute approximate surface area is 166 Å². The molecule has 3 rings (SSSR count). The maximum Gasteiger partial charge on any atom is 0.331 e. The molecular weight excluding hydrogens is 374 g/mol. The molecular formula is C21H19N3O3S. The molecule has 0 radical (unpaired) electrons. The number of thiazole rings is 1. The van der Waals surface area contributed by atoms with Crippen LogP contribution in [0.15, 0.2) is 60.1 Å². The predicted molar refractivity (Wildman–Crippen MR) is 109 cm³/mol. The molecule has 0 saturated heterocycles. The number of carbonyl (C=O) groups is 2. The highest BCUT2D eigenvalue weighted by atomic mass is 32.1. The zero-order valence-electron chi connectivity index (χ0n) is 15.3. The highest BCUT2D eigenvalue weighted by Gasteiger charge is 2.09. The van der Waals surface area contributed by atoms with E-state index in [0.717, 1.165) is 11.3 Å². The van der Waals surface area contributed by atoms with Gasteiger partial charge in [0, 0.05) is 23.3 Å². The van der Waals surface area contributed by atoms with Gasteiger partial charge in [-0.1, -0.05) is 23.8 Å². The number of aromatic nitrogens is 2. The second kappa shape index (κ2) is 9.57. The van der Waals surface area contributed by atoms with E-state index in [4.69, 9.17) is 4.74 Å². The fourth-order valence-electron chi connectivity index (χ4n) is 2.30. The lowest BCUT2D eigenvalue weighted by Crippen LogP contribution is -2.14. The first kappa shape index (κ1) is 19.4. The number of pyridine rings is 1. The van der Waals surface area contributed by atoms with Gasteiger partial charge in [-0.2, -0.15) is 0 Å². The third-order valence-corrected chi connectivity index (χ3v) is 4.58. The van der Waals surface area contributed by atoms with Crippen LogP contribution in [-0.4, -0.2) is 21.8 Å². The van der Waals surface area contributed by atoms with Gasteiger partial charge >= 0.3 is 5.97 Å². The molecule has 0 saturated carbocycles. The van der Waals surface area contributed by atoms with Gasteiger partial charge in [0.1, 0.15) is 11.6 Å². The number of ether oxygens (including phenoxy) is 1. The fourth-order valence-corrected chi connectivity index (χ4v) is 3.07. The molecule has 142 valence electrons. The second-order valence-corrected chi connectivity index (χ2v) is 6.96. The van der Waals surface area contributed by atoms with Crippen molar-refractivity contribution in [3.8, 4) is 0 Å². The van der Waals surface area contributed by atoms with Crippen LogP contribution in [0.2, 0.25) is 0 Å². The van der Waals surface area contributed by atoms with Gasteiger partial charge in [0.15, 0.2) is 0 Å². The normalized spacial score (nSPS) is 10.8. The third-order valence-electron chi connectivity index (χ3n) is 3.69. The van der Waals surface area contributed by atoms with Crippen molar-refractivity contribution in [1.29, 1.82) is 0 Å². The number of esters is 1. The summed E-state index contributed by atoms with van der Waals surface area (Å²) in [6, 6.07) is 13.0. The standard InChI is InChI=1S/C21H19N3O3S/c1-15-5-7-17(8-6-15)23-19(25)12-20-24-18(14-28-20)13-27-21(26)10-9-16-4-2-3-11-22-16/h2-11,14H,12-13H2,1H3,(H,23,25)/b10-9+. The number of rotatable bonds is 7. The van der Waals surface area contributed by atoms with Gasteiger partial charge in [0.25, 0.3) is 0 Å². The summed E-state index contributed by atoms with van der Waals surface area (Å²) in [6.07, 6.45) is 4.73. The first-order valence-corrected chi connectivity index (χ1v) is 9.52. The van der Waals surface area contributed by atoms with Crippen molar-refractivity contribution < 1.29 is 14.3 Å². The van der Waals surface area contributed by atoms with E-state index in [0.29, 0.717) is 16.4 Å². The summed E-state index contributed by atoms with van der Waals surface area (Å²) in [5.41, 5.74) is 3.17. The molecule has 0 aliphatic rings. The van der Waals surface area contributed by atoms with Gasteiger partial charge in [-0.15, -0.1) is 11.3 Å². The highest BCUT2D eigenvalue weighted by Crippen LogP contribution is 2.14. The van der Waals surface area contributed by atoms with E-state index in [2.05, 4.69) is 15.3 Å². The number of nitrogens with zero attached hydrogens (tertiary/aromatic N) is 2. The average molecular weight is 393 g/mol. The summed E-state index contributed by atoms with van der Waals surface area (Å²) < 4.78 is 5.17. The molecule has 1 aromatic carbocycles. The molecule has 3 aromatic rings. The number of aryl methyl sites for hydroxylation is 1. The van der Waals surface area contributed by atoms with Crippen molar-refractivity contribution in [3.63, 3.8) is 0 Å². The lowest BCUT2D eigenvalue weighted by Gasteiger charge is -2.04. The molecule has 0 atom stereocenters. The minimum absolute atomic E-state index is 0.0570. The maximum atomic E-state index is 12.1. The first-order valence-electron chi connectivity index (χ1n) is 8.64. The zero-order chi connectivity index (χ0) is 19.8. The van der Waals surface area contributed by atoms with E-state index < -0.39 is 5.97 Å². The number of anilines is 1. The number of benzene rings is 1. The van der Waals surface area contributed by atoms with Crippen LogP contribution in [0, 0.1) is 6.92 Å². The molecule has 28 heavy (non-hydrogen) atoms. The molecule has 0 fully saturated rings. The third kappa shape index (κ3) is 6.14. The van der Waals surface area contributed by atoms with Crippen LogP contribution in [0.25, 0.3) is 6.08 Å². The van der Waals surface area contributed by atoms with E-state index in [1.54, 1.807) is 29.8 Å². The fraction of sp³-hybridized carbons (Fsp3) is 0.143. The summed E-state index contributed by atoms with van der Waals surface area (Å²) in [7, 11) is 0. The molecule has 0 bridgehead atoms. The van der Waals surface area contributed by atoms with E-state index in [1.807, 2.05) is 37.3 Å². The quantitative estimate of drug-likeness (QED) is 0.488. The zero-order valence-corrected chi connectivity index (χ0v) is 16.1. The van der Waals surface area contributed by atoms with E-state index >= 15 is 0 Å². The van der Waals surface area contributed by atoms with E-state index in [-0.39, 0.29) is 18.9 Å². The number of amides is 1. The summed E-state index contributed by atoms with van der Waals surface area (Å²) in [5.74, 6) is -0.614. The van der Waals surface area contributed by atoms with Gasteiger partial charge in [-0.3, -0.25) is 9.78 Å². The van der Waals surface area contributed by atoms with E-state index in [9.17, 15) is 9.59 Å². The van der Waals surface area contributed by atoms with E-state index in [1.165, 1.54) is 17.4 Å². The summed E-state index contributed by atoms with van der Waals surface area (Å²) in [5, 5.41) is 5.29. The van der Waals surface area contributed by atoms with Gasteiger partial charge < -0.3 is 10.1 Å². The van der Waals surface area contributed by atoms with Crippen LogP contribution < -0.4 is 5.32 Å². The maximum absolute atomic E-state index is 12.1. The molecule has 0 aliphatic carbocycles. The van der Waals surface area contributed by atoms with Crippen LogP contribution >= 0.6 is 11.3 Å². The van der Waals surface area contributed by atoms with Crippen molar-refractivity contribution in [1.82, 2.24) is 9.97 Å². The topological polar surface area (TPSA) is 81.2 Å². The van der Waals surface area contributed by atoms with Gasteiger partial charge in [0.05, 0.1) is 17.8 Å². The van der Waals surface area contributed by atoms with Crippen molar-refractivity contribution in [2.24, 2.45) is 0 Å². The predicted octanol–water partition coefficient (Wildman–Crippen LogP) is 3.78. The van der Waals surface area contributed by atoms with Crippen molar-refractivity contribution in [2.45, 2.75) is 20.0 Å². The Hall–Kier alpha value is -3.32.